The summed E-state index contributed by atoms with van der Waals surface area (Å²) in [5.41, 5.74) is 4.22. The molecule has 0 radical (unpaired) electrons. The van der Waals surface area contributed by atoms with Gasteiger partial charge in [0.15, 0.2) is 0 Å². The van der Waals surface area contributed by atoms with Crippen LogP contribution in [0.3, 0.4) is 0 Å². The average molecular weight is 582 g/mol. The van der Waals surface area contributed by atoms with Crippen LogP contribution in [0, 0.1) is 5.82 Å². The molecule has 1 amide bonds. The van der Waals surface area contributed by atoms with E-state index < -0.39 is 5.60 Å². The number of rotatable bonds is 7. The first-order chi connectivity index (χ1) is 20.7. The minimum atomic E-state index is -0.509. The molecular formula is C33H36FN7O2. The van der Waals surface area contributed by atoms with Gasteiger partial charge in [0.2, 0.25) is 0 Å². The van der Waals surface area contributed by atoms with Crippen LogP contribution in [0.25, 0.3) is 21.8 Å². The third kappa shape index (κ3) is 6.91. The van der Waals surface area contributed by atoms with Crippen LogP contribution in [0.5, 0.6) is 0 Å². The zero-order chi connectivity index (χ0) is 30.0. The summed E-state index contributed by atoms with van der Waals surface area (Å²) in [7, 11) is 0. The monoisotopic (exact) mass is 581 g/mol. The lowest BCUT2D eigenvalue weighted by atomic mass is 10.0. The predicted molar refractivity (Wildman–Crippen MR) is 166 cm³/mol. The van der Waals surface area contributed by atoms with E-state index in [4.69, 9.17) is 4.74 Å². The van der Waals surface area contributed by atoms with Crippen LogP contribution < -0.4 is 10.6 Å². The summed E-state index contributed by atoms with van der Waals surface area (Å²) >= 11 is 0. The number of likely N-dealkylation sites (tertiary alicyclic amines) is 1. The number of nitrogens with one attached hydrogen (secondary N) is 2. The molecule has 9 nitrogen and oxygen atoms in total. The Kier molecular flexibility index (Phi) is 7.94. The van der Waals surface area contributed by atoms with Crippen molar-refractivity contribution in [3.63, 3.8) is 0 Å². The van der Waals surface area contributed by atoms with Crippen molar-refractivity contribution in [1.82, 2.24) is 30.0 Å². The van der Waals surface area contributed by atoms with E-state index in [0.717, 1.165) is 76.9 Å². The van der Waals surface area contributed by atoms with Gasteiger partial charge in [0, 0.05) is 42.1 Å². The summed E-state index contributed by atoms with van der Waals surface area (Å²) in [6, 6.07) is 18.9. The van der Waals surface area contributed by atoms with E-state index >= 15 is 0 Å². The smallest absolute Gasteiger partial charge is 0.407 e. The number of amides is 1. The van der Waals surface area contributed by atoms with E-state index in [1.807, 2.05) is 68.0 Å². The molecule has 0 spiro atoms. The van der Waals surface area contributed by atoms with Gasteiger partial charge in [-0.15, -0.1) is 0 Å². The molecule has 0 aliphatic carbocycles. The predicted octanol–water partition coefficient (Wildman–Crippen LogP) is 6.40. The number of hydrogen-bond donors (Lipinski definition) is 2. The van der Waals surface area contributed by atoms with Crippen molar-refractivity contribution in [3.8, 4) is 0 Å². The molecule has 0 saturated carbocycles. The van der Waals surface area contributed by atoms with Gasteiger partial charge in [-0.3, -0.25) is 9.58 Å². The zero-order valence-electron chi connectivity index (χ0n) is 24.7. The molecule has 3 heterocycles. The number of piperidine rings is 1. The molecule has 0 atom stereocenters. The molecule has 1 aliphatic rings. The summed E-state index contributed by atoms with van der Waals surface area (Å²) < 4.78 is 21.0. The number of ether oxygens (including phenoxy) is 1. The van der Waals surface area contributed by atoms with E-state index in [9.17, 15) is 9.18 Å². The molecule has 6 rings (SSSR count). The van der Waals surface area contributed by atoms with Gasteiger partial charge in [0.1, 0.15) is 23.6 Å². The minimum Gasteiger partial charge on any atom is -0.444 e. The molecule has 1 aliphatic heterocycles. The number of anilines is 2. The van der Waals surface area contributed by atoms with Gasteiger partial charge in [-0.1, -0.05) is 24.3 Å². The van der Waals surface area contributed by atoms with Crippen molar-refractivity contribution in [1.29, 1.82) is 0 Å². The van der Waals surface area contributed by atoms with Crippen molar-refractivity contribution in [2.45, 2.75) is 58.3 Å². The first kappa shape index (κ1) is 28.5. The van der Waals surface area contributed by atoms with Crippen molar-refractivity contribution in [3.05, 3.63) is 90.1 Å². The third-order valence-electron chi connectivity index (χ3n) is 7.58. The number of halogens is 1. The van der Waals surface area contributed by atoms with Crippen LogP contribution in [0.2, 0.25) is 0 Å². The van der Waals surface area contributed by atoms with Crippen molar-refractivity contribution < 1.29 is 13.9 Å². The molecule has 3 aromatic carbocycles. The molecule has 0 unspecified atom stereocenters. The molecule has 0 bridgehead atoms. The SMILES string of the molecule is CC(C)(C)OC(=O)NC1CCN(Cc2cccc3ncnc(Nc4ccc5c(cnn5Cc5cccc(F)c5)c4)c23)CC1. The maximum Gasteiger partial charge on any atom is 0.407 e. The maximum atomic E-state index is 13.7. The molecule has 2 N–H and O–H groups in total. The van der Waals surface area contributed by atoms with Crippen molar-refractivity contribution in [2.24, 2.45) is 0 Å². The summed E-state index contributed by atoms with van der Waals surface area (Å²) in [5, 5.41) is 13.0. The van der Waals surface area contributed by atoms with Crippen molar-refractivity contribution in [2.75, 3.05) is 18.4 Å². The van der Waals surface area contributed by atoms with E-state index in [1.54, 1.807) is 12.4 Å². The van der Waals surface area contributed by atoms with Crippen LogP contribution in [-0.2, 0) is 17.8 Å². The lowest BCUT2D eigenvalue weighted by molar-refractivity contribution is 0.0477. The van der Waals surface area contributed by atoms with Crippen LogP contribution in [-0.4, -0.2) is 55.5 Å². The number of fused-ring (bicyclic) bond motifs is 2. The van der Waals surface area contributed by atoms with Gasteiger partial charge in [-0.2, -0.15) is 5.10 Å². The number of hydrogen-bond acceptors (Lipinski definition) is 7. The minimum absolute atomic E-state index is 0.104. The van der Waals surface area contributed by atoms with Crippen LogP contribution in [0.4, 0.5) is 20.7 Å². The maximum absolute atomic E-state index is 13.7. The fourth-order valence-corrected chi connectivity index (χ4v) is 5.59. The van der Waals surface area contributed by atoms with Gasteiger partial charge in [0.25, 0.3) is 0 Å². The molecule has 5 aromatic rings. The highest BCUT2D eigenvalue weighted by Gasteiger charge is 2.24. The highest BCUT2D eigenvalue weighted by atomic mass is 19.1. The quantitative estimate of drug-likeness (QED) is 0.230. The second-order valence-electron chi connectivity index (χ2n) is 12.1. The molecular weight excluding hydrogens is 545 g/mol. The summed E-state index contributed by atoms with van der Waals surface area (Å²) in [6.45, 7) is 8.58. The average Bonchev–Trinajstić information content (AvgIpc) is 3.35. The van der Waals surface area contributed by atoms with Gasteiger partial charge in [0.05, 0.1) is 23.8 Å². The largest absolute Gasteiger partial charge is 0.444 e. The summed E-state index contributed by atoms with van der Waals surface area (Å²) in [5.74, 6) is 0.491. The van der Waals surface area contributed by atoms with E-state index in [2.05, 4.69) is 36.7 Å². The molecule has 1 saturated heterocycles. The Balaban J connectivity index is 1.16. The second kappa shape index (κ2) is 12.0. The van der Waals surface area contributed by atoms with Crippen LogP contribution in [0.1, 0.15) is 44.7 Å². The number of aromatic nitrogens is 4. The molecule has 222 valence electrons. The van der Waals surface area contributed by atoms with Gasteiger partial charge >= 0.3 is 6.09 Å². The number of benzene rings is 3. The number of carbonyl (C=O) groups excluding carboxylic acids is 1. The van der Waals surface area contributed by atoms with Gasteiger partial charge in [-0.05, 0) is 81.1 Å². The highest BCUT2D eigenvalue weighted by Crippen LogP contribution is 2.29. The lowest BCUT2D eigenvalue weighted by Gasteiger charge is -2.33. The topological polar surface area (TPSA) is 97.2 Å². The fourth-order valence-electron chi connectivity index (χ4n) is 5.59. The molecule has 2 aromatic heterocycles. The highest BCUT2D eigenvalue weighted by molar-refractivity contribution is 5.94. The Bertz CT molecular complexity index is 1750. The molecule has 43 heavy (non-hydrogen) atoms. The van der Waals surface area contributed by atoms with E-state index in [1.165, 1.54) is 12.1 Å². The molecule has 1 fully saturated rings. The number of carbonyl (C=O) groups is 1. The Morgan fingerprint density at radius 2 is 1.84 bits per heavy atom. The Labute approximate surface area is 250 Å². The lowest BCUT2D eigenvalue weighted by Crippen LogP contribution is -2.45. The standard InChI is InChI=1S/C33H36FN7O2/c1-33(2,3)43-32(42)39-26-12-14-40(15-13-26)20-23-7-5-9-28-30(23)31(36-21-35-28)38-27-10-11-29-24(17-27)18-37-41(29)19-22-6-4-8-25(34)16-22/h4-11,16-18,21,26H,12-15,19-20H2,1-3H3,(H,39,42)(H,35,36,38). The second-order valence-corrected chi connectivity index (χ2v) is 12.1. The first-order valence-corrected chi connectivity index (χ1v) is 14.6. The Morgan fingerprint density at radius 3 is 2.63 bits per heavy atom. The summed E-state index contributed by atoms with van der Waals surface area (Å²) in [4.78, 5) is 23.8. The number of nitrogens with zero attached hydrogens (tertiary/aromatic N) is 5. The normalized spacial score (nSPS) is 14.7. The van der Waals surface area contributed by atoms with Crippen molar-refractivity contribution >= 4 is 39.4 Å². The Morgan fingerprint density at radius 1 is 1.02 bits per heavy atom. The zero-order valence-corrected chi connectivity index (χ0v) is 24.7. The van der Waals surface area contributed by atoms with E-state index in [0.29, 0.717) is 6.54 Å². The molecule has 10 heteroatoms. The first-order valence-electron chi connectivity index (χ1n) is 14.6. The van der Waals surface area contributed by atoms with Gasteiger partial charge < -0.3 is 15.4 Å². The van der Waals surface area contributed by atoms with Crippen LogP contribution in [0.15, 0.2) is 73.2 Å². The fraction of sp³-hybridized carbons (Fsp3) is 0.333. The Hall–Kier alpha value is -4.57. The number of alkyl carbamates (subject to hydrolysis) is 1. The van der Waals surface area contributed by atoms with Crippen LogP contribution >= 0.6 is 0 Å². The summed E-state index contributed by atoms with van der Waals surface area (Å²) in [6.07, 6.45) is 4.77. The third-order valence-corrected chi connectivity index (χ3v) is 7.58. The van der Waals surface area contributed by atoms with Gasteiger partial charge in [-0.25, -0.2) is 19.2 Å². The van der Waals surface area contributed by atoms with E-state index in [-0.39, 0.29) is 18.0 Å².